The van der Waals surface area contributed by atoms with Gasteiger partial charge in [0, 0.05) is 61.2 Å². The highest BCUT2D eigenvalue weighted by Crippen LogP contribution is 2.31. The number of aryl methyl sites for hydroxylation is 1. The summed E-state index contributed by atoms with van der Waals surface area (Å²) in [5.74, 6) is 0.747. The van der Waals surface area contributed by atoms with Crippen molar-refractivity contribution in [2.24, 2.45) is 0 Å². The summed E-state index contributed by atoms with van der Waals surface area (Å²) in [7, 11) is 0. The van der Waals surface area contributed by atoms with Gasteiger partial charge in [0.15, 0.2) is 5.82 Å². The maximum absolute atomic E-state index is 12.8. The minimum atomic E-state index is -4.41. The highest BCUT2D eigenvalue weighted by atomic mass is 19.4. The third-order valence-corrected chi connectivity index (χ3v) is 5.53. The molecule has 1 fully saturated rings. The molecule has 1 aromatic heterocycles. The summed E-state index contributed by atoms with van der Waals surface area (Å²) in [6.07, 6.45) is -4.41. The first-order valence-corrected chi connectivity index (χ1v) is 10.4. The van der Waals surface area contributed by atoms with Crippen LogP contribution in [0.1, 0.15) is 21.6 Å². The number of aromatic nitrogens is 2. The number of nitro benzene ring substituents is 1. The van der Waals surface area contributed by atoms with Crippen LogP contribution in [0.25, 0.3) is 11.4 Å². The van der Waals surface area contributed by atoms with Crippen LogP contribution in [-0.2, 0) is 6.18 Å². The second-order valence-corrected chi connectivity index (χ2v) is 7.85. The van der Waals surface area contributed by atoms with Crippen molar-refractivity contribution in [3.05, 3.63) is 81.5 Å². The van der Waals surface area contributed by atoms with Crippen molar-refractivity contribution >= 4 is 17.4 Å². The normalized spacial score (nSPS) is 14.2. The second kappa shape index (κ2) is 9.08. The van der Waals surface area contributed by atoms with Crippen LogP contribution in [0.3, 0.4) is 0 Å². The molecule has 0 atom stereocenters. The number of non-ortho nitro benzene ring substituents is 1. The average molecular weight is 471 g/mol. The van der Waals surface area contributed by atoms with Gasteiger partial charge in [0.05, 0.1) is 10.5 Å². The summed E-state index contributed by atoms with van der Waals surface area (Å²) in [6.45, 7) is 3.64. The van der Waals surface area contributed by atoms with Crippen molar-refractivity contribution in [2.75, 3.05) is 31.1 Å². The zero-order valence-corrected chi connectivity index (χ0v) is 18.1. The molecule has 1 amide bonds. The molecule has 0 saturated carbocycles. The van der Waals surface area contributed by atoms with Gasteiger partial charge in [-0.15, -0.1) is 0 Å². The zero-order valence-electron chi connectivity index (χ0n) is 18.1. The van der Waals surface area contributed by atoms with Crippen LogP contribution in [-0.4, -0.2) is 51.9 Å². The number of alkyl halides is 3. The topological polar surface area (TPSA) is 92.5 Å². The smallest absolute Gasteiger partial charge is 0.353 e. The molecule has 3 aromatic rings. The van der Waals surface area contributed by atoms with Crippen LogP contribution in [0.15, 0.2) is 54.6 Å². The van der Waals surface area contributed by atoms with Gasteiger partial charge in [-0.2, -0.15) is 13.2 Å². The second-order valence-electron chi connectivity index (χ2n) is 7.85. The van der Waals surface area contributed by atoms with Crippen LogP contribution in [0, 0.1) is 17.0 Å². The zero-order chi connectivity index (χ0) is 24.5. The minimum absolute atomic E-state index is 0.0793. The summed E-state index contributed by atoms with van der Waals surface area (Å²) in [4.78, 5) is 35.6. The molecule has 11 heteroatoms. The molecule has 1 saturated heterocycles. The number of piperazine rings is 1. The van der Waals surface area contributed by atoms with Gasteiger partial charge in [0.1, 0.15) is 5.82 Å². The van der Waals surface area contributed by atoms with E-state index in [0.717, 1.165) is 12.1 Å². The first-order chi connectivity index (χ1) is 16.1. The number of anilines is 1. The van der Waals surface area contributed by atoms with Crippen LogP contribution < -0.4 is 4.90 Å². The van der Waals surface area contributed by atoms with Gasteiger partial charge in [-0.25, -0.2) is 9.97 Å². The Hall–Kier alpha value is -4.02. The van der Waals surface area contributed by atoms with E-state index in [4.69, 9.17) is 0 Å². The molecule has 0 aliphatic carbocycles. The number of hydrogen-bond acceptors (Lipinski definition) is 6. The molecular formula is C23H20F3N5O3. The molecule has 1 aliphatic heterocycles. The van der Waals surface area contributed by atoms with E-state index in [0.29, 0.717) is 54.6 Å². The van der Waals surface area contributed by atoms with Gasteiger partial charge in [-0.3, -0.25) is 14.9 Å². The van der Waals surface area contributed by atoms with Gasteiger partial charge in [-0.1, -0.05) is 12.1 Å². The fourth-order valence-corrected chi connectivity index (χ4v) is 3.70. The van der Waals surface area contributed by atoms with Crippen LogP contribution >= 0.6 is 0 Å². The molecule has 0 spiro atoms. The number of hydrogen-bond donors (Lipinski definition) is 0. The summed E-state index contributed by atoms with van der Waals surface area (Å²) in [5.41, 5.74) is 0.707. The Bertz CT molecular complexity index is 1210. The van der Waals surface area contributed by atoms with Gasteiger partial charge < -0.3 is 9.80 Å². The Balaban J connectivity index is 1.45. The highest BCUT2D eigenvalue weighted by Gasteiger charge is 2.30. The third-order valence-electron chi connectivity index (χ3n) is 5.53. The molecule has 0 N–H and O–H groups in total. The standard InChI is InChI=1S/C23H20F3N5O3/c1-15-14-20(28-21(27-15)16-2-6-18(7-3-16)23(24,25)26)29-10-12-30(13-11-29)22(32)17-4-8-19(9-5-17)31(33)34/h2-9,14H,10-13H2,1H3. The van der Waals surface area contributed by atoms with E-state index in [1.54, 1.807) is 17.9 Å². The highest BCUT2D eigenvalue weighted by molar-refractivity contribution is 5.94. The lowest BCUT2D eigenvalue weighted by Gasteiger charge is -2.35. The van der Waals surface area contributed by atoms with Crippen molar-refractivity contribution in [1.82, 2.24) is 14.9 Å². The largest absolute Gasteiger partial charge is 0.416 e. The molecule has 2 heterocycles. The van der Waals surface area contributed by atoms with E-state index >= 15 is 0 Å². The minimum Gasteiger partial charge on any atom is -0.353 e. The maximum atomic E-state index is 12.8. The van der Waals surface area contributed by atoms with E-state index in [2.05, 4.69) is 9.97 Å². The Morgan fingerprint density at radius 3 is 2.15 bits per heavy atom. The molecule has 0 bridgehead atoms. The van der Waals surface area contributed by atoms with Crippen molar-refractivity contribution in [3.8, 4) is 11.4 Å². The van der Waals surface area contributed by atoms with Gasteiger partial charge >= 0.3 is 6.18 Å². The quantitative estimate of drug-likeness (QED) is 0.415. The van der Waals surface area contributed by atoms with Crippen molar-refractivity contribution in [3.63, 3.8) is 0 Å². The molecule has 1 aliphatic rings. The predicted octanol–water partition coefficient (Wildman–Crippen LogP) is 4.34. The fourth-order valence-electron chi connectivity index (χ4n) is 3.70. The van der Waals surface area contributed by atoms with E-state index in [1.807, 2.05) is 4.90 Å². The number of nitrogens with zero attached hydrogens (tertiary/aromatic N) is 5. The average Bonchev–Trinajstić information content (AvgIpc) is 2.83. The SMILES string of the molecule is Cc1cc(N2CCN(C(=O)c3ccc([N+](=O)[O-])cc3)CC2)nc(-c2ccc(C(F)(F)F)cc2)n1. The molecule has 0 unspecified atom stereocenters. The van der Waals surface area contributed by atoms with Gasteiger partial charge in [-0.05, 0) is 31.2 Å². The van der Waals surface area contributed by atoms with Gasteiger partial charge in [0.25, 0.3) is 11.6 Å². The molecule has 2 aromatic carbocycles. The van der Waals surface area contributed by atoms with E-state index in [-0.39, 0.29) is 11.6 Å². The number of halogens is 3. The monoisotopic (exact) mass is 471 g/mol. The Kier molecular flexibility index (Phi) is 6.18. The molecule has 4 rings (SSSR count). The number of carbonyl (C=O) groups is 1. The molecule has 176 valence electrons. The van der Waals surface area contributed by atoms with Crippen molar-refractivity contribution in [2.45, 2.75) is 13.1 Å². The Morgan fingerprint density at radius 1 is 0.971 bits per heavy atom. The molecule has 8 nitrogen and oxygen atoms in total. The lowest BCUT2D eigenvalue weighted by Crippen LogP contribution is -2.49. The first-order valence-electron chi connectivity index (χ1n) is 10.4. The third kappa shape index (κ3) is 4.98. The van der Waals surface area contributed by atoms with Crippen LogP contribution in [0.2, 0.25) is 0 Å². The predicted molar refractivity (Wildman–Crippen MR) is 118 cm³/mol. The maximum Gasteiger partial charge on any atom is 0.416 e. The summed E-state index contributed by atoms with van der Waals surface area (Å²) in [6, 6.07) is 12.0. The van der Waals surface area contributed by atoms with Gasteiger partial charge in [0.2, 0.25) is 0 Å². The number of benzene rings is 2. The Morgan fingerprint density at radius 2 is 1.59 bits per heavy atom. The van der Waals surface area contributed by atoms with Crippen LogP contribution in [0.4, 0.5) is 24.7 Å². The molecular weight excluding hydrogens is 451 g/mol. The summed E-state index contributed by atoms with van der Waals surface area (Å²) < 4.78 is 38.5. The lowest BCUT2D eigenvalue weighted by molar-refractivity contribution is -0.384. The fraction of sp³-hybridized carbons (Fsp3) is 0.261. The molecule has 0 radical (unpaired) electrons. The summed E-state index contributed by atoms with van der Waals surface area (Å²) >= 11 is 0. The van der Waals surface area contributed by atoms with Crippen molar-refractivity contribution < 1.29 is 22.9 Å². The van der Waals surface area contributed by atoms with Crippen LogP contribution in [0.5, 0.6) is 0 Å². The number of amides is 1. The van der Waals surface area contributed by atoms with Crippen molar-refractivity contribution in [1.29, 1.82) is 0 Å². The number of rotatable bonds is 4. The number of carbonyl (C=O) groups excluding carboxylic acids is 1. The first kappa shape index (κ1) is 23.1. The number of nitro groups is 1. The summed E-state index contributed by atoms with van der Waals surface area (Å²) in [5, 5.41) is 10.8. The molecule has 34 heavy (non-hydrogen) atoms. The van der Waals surface area contributed by atoms with E-state index in [1.165, 1.54) is 36.4 Å². The van der Waals surface area contributed by atoms with E-state index < -0.39 is 16.7 Å². The Labute approximate surface area is 192 Å². The van der Waals surface area contributed by atoms with E-state index in [9.17, 15) is 28.1 Å². The lowest BCUT2D eigenvalue weighted by atomic mass is 10.1.